The highest BCUT2D eigenvalue weighted by atomic mass is 19.1. The van der Waals surface area contributed by atoms with Crippen molar-refractivity contribution in [2.24, 2.45) is 5.11 Å². The van der Waals surface area contributed by atoms with Gasteiger partial charge < -0.3 is 5.32 Å². The van der Waals surface area contributed by atoms with Crippen LogP contribution in [0.15, 0.2) is 72.0 Å². The molecule has 0 atom stereocenters. The van der Waals surface area contributed by atoms with Crippen molar-refractivity contribution in [3.63, 3.8) is 0 Å². The SMILES string of the molecule is CCNC(=O)c1ccc(-c2ccc3c(n2)[N+](C(C)(C)c2ccc4ncccc4c2)=N3)cc1F. The van der Waals surface area contributed by atoms with Crippen molar-refractivity contribution >= 4 is 28.3 Å². The number of pyridine rings is 2. The maximum absolute atomic E-state index is 14.6. The first-order valence-electron chi connectivity index (χ1n) is 10.8. The van der Waals surface area contributed by atoms with Crippen molar-refractivity contribution < 1.29 is 13.9 Å². The van der Waals surface area contributed by atoms with Gasteiger partial charge in [-0.3, -0.25) is 9.78 Å². The van der Waals surface area contributed by atoms with Gasteiger partial charge >= 0.3 is 5.82 Å². The lowest BCUT2D eigenvalue weighted by atomic mass is 9.92. The van der Waals surface area contributed by atoms with Crippen LogP contribution in [-0.2, 0) is 5.54 Å². The van der Waals surface area contributed by atoms with Crippen molar-refractivity contribution in [1.29, 1.82) is 0 Å². The second kappa shape index (κ2) is 7.85. The first-order valence-corrected chi connectivity index (χ1v) is 10.8. The molecule has 0 saturated heterocycles. The topological polar surface area (TPSA) is 70.2 Å². The summed E-state index contributed by atoms with van der Waals surface area (Å²) in [6, 6.07) is 18.4. The van der Waals surface area contributed by atoms with Crippen molar-refractivity contribution in [3.05, 3.63) is 83.8 Å². The summed E-state index contributed by atoms with van der Waals surface area (Å²) in [6.07, 6.45) is 1.78. The summed E-state index contributed by atoms with van der Waals surface area (Å²) in [6.45, 7) is 6.41. The van der Waals surface area contributed by atoms with Gasteiger partial charge in [-0.15, -0.1) is 4.70 Å². The number of carbonyl (C=O) groups is 1. The van der Waals surface area contributed by atoms with Crippen LogP contribution in [-0.4, -0.2) is 27.1 Å². The molecule has 0 spiro atoms. The number of halogens is 1. The number of hydrogen-bond donors (Lipinski definition) is 1. The van der Waals surface area contributed by atoms with Gasteiger partial charge in [-0.2, -0.15) is 0 Å². The number of nitrogens with one attached hydrogen (secondary N) is 1. The molecule has 0 bridgehead atoms. The Kier molecular flexibility index (Phi) is 4.96. The molecular formula is C26H23FN5O+. The molecule has 2 aromatic carbocycles. The summed E-state index contributed by atoms with van der Waals surface area (Å²) in [5, 5.41) is 8.33. The first-order chi connectivity index (χ1) is 15.9. The zero-order valence-corrected chi connectivity index (χ0v) is 18.6. The normalized spacial score (nSPS) is 12.7. The summed E-state index contributed by atoms with van der Waals surface area (Å²) in [4.78, 5) is 21.2. The average molecular weight is 441 g/mol. The standard InChI is InChI=1S/C26H22FN5O/c1-4-28-25(33)19-9-7-17(15-20(19)27)22-11-12-23-24(30-22)32(31-23)26(2,3)18-8-10-21-16(14-18)6-5-13-29-21/h5-15H,4H2,1-3H3/p+1. The summed E-state index contributed by atoms with van der Waals surface area (Å²) in [5.41, 5.74) is 3.61. The van der Waals surface area contributed by atoms with Gasteiger partial charge in [0.05, 0.1) is 11.1 Å². The third-order valence-corrected chi connectivity index (χ3v) is 5.95. The Morgan fingerprint density at radius 1 is 1.09 bits per heavy atom. The molecular weight excluding hydrogens is 417 g/mol. The lowest BCUT2D eigenvalue weighted by molar-refractivity contribution is -0.611. The summed E-state index contributed by atoms with van der Waals surface area (Å²) in [5.74, 6) is -0.268. The van der Waals surface area contributed by atoms with E-state index in [2.05, 4.69) is 41.4 Å². The molecule has 1 amide bonds. The minimum Gasteiger partial charge on any atom is -0.352 e. The van der Waals surface area contributed by atoms with Gasteiger partial charge in [-0.1, -0.05) is 17.2 Å². The van der Waals surface area contributed by atoms with Crippen LogP contribution in [0.5, 0.6) is 0 Å². The molecule has 0 fully saturated rings. The fraction of sp³-hybridized carbons (Fsp3) is 0.192. The Labute approximate surface area is 190 Å². The molecule has 0 unspecified atom stereocenters. The van der Waals surface area contributed by atoms with E-state index in [1.165, 1.54) is 12.1 Å². The number of benzene rings is 2. The third kappa shape index (κ3) is 3.55. The quantitative estimate of drug-likeness (QED) is 0.395. The lowest BCUT2D eigenvalue weighted by Gasteiger charge is -2.27. The Bertz CT molecular complexity index is 1440. The molecule has 1 aliphatic rings. The molecule has 1 N–H and O–H groups in total. The van der Waals surface area contributed by atoms with E-state index < -0.39 is 17.3 Å². The molecule has 33 heavy (non-hydrogen) atoms. The van der Waals surface area contributed by atoms with Crippen molar-refractivity contribution in [2.45, 2.75) is 26.3 Å². The predicted octanol–water partition coefficient (Wildman–Crippen LogP) is 5.86. The summed E-state index contributed by atoms with van der Waals surface area (Å²) < 4.78 is 16.5. The van der Waals surface area contributed by atoms with Crippen LogP contribution in [0.4, 0.5) is 15.9 Å². The van der Waals surface area contributed by atoms with Crippen LogP contribution in [0.25, 0.3) is 22.2 Å². The molecule has 0 aliphatic carbocycles. The summed E-state index contributed by atoms with van der Waals surface area (Å²) in [7, 11) is 0. The number of fused-ring (bicyclic) bond motifs is 2. The fourth-order valence-electron chi connectivity index (χ4n) is 4.03. The van der Waals surface area contributed by atoms with E-state index in [0.717, 1.165) is 28.0 Å². The number of hydrogen-bond acceptors (Lipinski definition) is 4. The van der Waals surface area contributed by atoms with Gasteiger partial charge in [0.1, 0.15) is 5.82 Å². The molecule has 0 radical (unpaired) electrons. The van der Waals surface area contributed by atoms with Crippen LogP contribution < -0.4 is 5.32 Å². The number of carbonyl (C=O) groups excluding carboxylic acids is 1. The van der Waals surface area contributed by atoms with Gasteiger partial charge in [0, 0.05) is 29.3 Å². The Hall–Kier alpha value is -4.00. The van der Waals surface area contributed by atoms with E-state index in [9.17, 15) is 9.18 Å². The van der Waals surface area contributed by atoms with Crippen LogP contribution in [0.2, 0.25) is 0 Å². The zero-order chi connectivity index (χ0) is 23.2. The smallest absolute Gasteiger partial charge is 0.352 e. The van der Waals surface area contributed by atoms with Gasteiger partial charge in [0.15, 0.2) is 11.2 Å². The Morgan fingerprint density at radius 2 is 1.94 bits per heavy atom. The van der Waals surface area contributed by atoms with E-state index in [4.69, 9.17) is 4.98 Å². The van der Waals surface area contributed by atoms with E-state index in [1.54, 1.807) is 19.2 Å². The highest BCUT2D eigenvalue weighted by Gasteiger charge is 2.42. The van der Waals surface area contributed by atoms with Crippen LogP contribution in [0, 0.1) is 5.82 Å². The highest BCUT2D eigenvalue weighted by molar-refractivity contribution is 5.95. The highest BCUT2D eigenvalue weighted by Crippen LogP contribution is 2.44. The van der Waals surface area contributed by atoms with Gasteiger partial charge in [-0.25, -0.2) is 4.39 Å². The van der Waals surface area contributed by atoms with E-state index in [1.807, 2.05) is 35.0 Å². The van der Waals surface area contributed by atoms with Crippen molar-refractivity contribution in [1.82, 2.24) is 15.3 Å². The van der Waals surface area contributed by atoms with Gasteiger partial charge in [0.25, 0.3) is 5.91 Å². The maximum atomic E-state index is 14.6. The van der Waals surface area contributed by atoms with Crippen LogP contribution >= 0.6 is 0 Å². The van der Waals surface area contributed by atoms with E-state index in [-0.39, 0.29) is 5.56 Å². The third-order valence-electron chi connectivity index (χ3n) is 5.95. The minimum atomic E-state index is -0.574. The maximum Gasteiger partial charge on any atom is 0.374 e. The van der Waals surface area contributed by atoms with E-state index >= 15 is 0 Å². The molecule has 7 heteroatoms. The van der Waals surface area contributed by atoms with Gasteiger partial charge in [-0.05, 0) is 74.3 Å². The molecule has 0 saturated carbocycles. The fourth-order valence-corrected chi connectivity index (χ4v) is 4.03. The molecule has 2 aromatic heterocycles. The van der Waals surface area contributed by atoms with Crippen molar-refractivity contribution in [3.8, 4) is 11.3 Å². The number of aromatic nitrogens is 2. The average Bonchev–Trinajstić information content (AvgIpc) is 2.79. The molecule has 3 heterocycles. The first kappa shape index (κ1) is 20.9. The predicted molar refractivity (Wildman–Crippen MR) is 124 cm³/mol. The zero-order valence-electron chi connectivity index (χ0n) is 18.6. The number of rotatable bonds is 5. The number of azo groups is 2. The number of nitrogens with zero attached hydrogens (tertiary/aromatic N) is 4. The molecule has 6 nitrogen and oxygen atoms in total. The van der Waals surface area contributed by atoms with Crippen molar-refractivity contribution in [2.75, 3.05) is 6.54 Å². The molecule has 4 aromatic rings. The number of amides is 1. The second-order valence-corrected chi connectivity index (χ2v) is 8.48. The Balaban J connectivity index is 1.47. The van der Waals surface area contributed by atoms with Crippen LogP contribution in [0.3, 0.4) is 0 Å². The molecule has 5 rings (SSSR count). The largest absolute Gasteiger partial charge is 0.374 e. The second-order valence-electron chi connectivity index (χ2n) is 8.48. The Morgan fingerprint density at radius 3 is 2.73 bits per heavy atom. The minimum absolute atomic E-state index is 0.0214. The van der Waals surface area contributed by atoms with Gasteiger partial charge in [0.2, 0.25) is 5.69 Å². The van der Waals surface area contributed by atoms with Crippen LogP contribution in [0.1, 0.15) is 36.7 Å². The summed E-state index contributed by atoms with van der Waals surface area (Å²) >= 11 is 0. The van der Waals surface area contributed by atoms with E-state index in [0.29, 0.717) is 17.8 Å². The molecule has 164 valence electrons. The lowest BCUT2D eigenvalue weighted by Crippen LogP contribution is -2.33. The monoisotopic (exact) mass is 440 g/mol. The molecule has 1 aliphatic heterocycles.